The van der Waals surface area contributed by atoms with Crippen LogP contribution in [0.3, 0.4) is 0 Å². The highest BCUT2D eigenvalue weighted by Crippen LogP contribution is 2.14. The van der Waals surface area contributed by atoms with Crippen LogP contribution in [0.15, 0.2) is 29.3 Å². The van der Waals surface area contributed by atoms with Gasteiger partial charge in [0.15, 0.2) is 5.96 Å². The third kappa shape index (κ3) is 7.49. The molecule has 2 N–H and O–H groups in total. The highest BCUT2D eigenvalue weighted by atomic mass is 127. The molecule has 1 atom stereocenters. The van der Waals surface area contributed by atoms with E-state index >= 15 is 0 Å². The van der Waals surface area contributed by atoms with Crippen LogP contribution in [-0.2, 0) is 11.3 Å². The van der Waals surface area contributed by atoms with Crippen molar-refractivity contribution >= 4 is 41.7 Å². The van der Waals surface area contributed by atoms with Gasteiger partial charge in [-0.15, -0.1) is 24.0 Å². The van der Waals surface area contributed by atoms with Crippen molar-refractivity contribution in [2.75, 3.05) is 20.1 Å². The Labute approximate surface area is 182 Å². The second-order valence-corrected chi connectivity index (χ2v) is 7.41. The van der Waals surface area contributed by atoms with Gasteiger partial charge in [-0.2, -0.15) is 0 Å². The first-order valence-electron chi connectivity index (χ1n) is 8.86. The van der Waals surface area contributed by atoms with Gasteiger partial charge in [0.05, 0.1) is 11.0 Å². The average Bonchev–Trinajstić information content (AvgIpc) is 3.02. The molecule has 1 aromatic rings. The quantitative estimate of drug-likeness (QED) is 0.214. The van der Waals surface area contributed by atoms with E-state index in [1.54, 1.807) is 13.1 Å². The van der Waals surface area contributed by atoms with Gasteiger partial charge in [0.25, 0.3) is 5.69 Å². The predicted octanol–water partition coefficient (Wildman–Crippen LogP) is 2.89. The SMILES string of the molecule is CN=C(NCc1cccc([N+](=O)[O-])c1)N1CCC(NC(=O)OC(C)(C)C)C1.I. The van der Waals surface area contributed by atoms with E-state index in [1.165, 1.54) is 12.1 Å². The number of amides is 1. The first-order valence-corrected chi connectivity index (χ1v) is 8.86. The summed E-state index contributed by atoms with van der Waals surface area (Å²) in [6, 6.07) is 6.47. The molecule has 28 heavy (non-hydrogen) atoms. The first kappa shape index (κ1) is 23.9. The third-order valence-corrected chi connectivity index (χ3v) is 3.99. The van der Waals surface area contributed by atoms with Crippen molar-refractivity contribution < 1.29 is 14.5 Å². The zero-order chi connectivity index (χ0) is 20.0. The van der Waals surface area contributed by atoms with E-state index in [1.807, 2.05) is 31.7 Å². The number of guanidine groups is 1. The van der Waals surface area contributed by atoms with Gasteiger partial charge in [-0.1, -0.05) is 12.1 Å². The summed E-state index contributed by atoms with van der Waals surface area (Å²) in [6.07, 6.45) is 0.366. The van der Waals surface area contributed by atoms with Crippen LogP contribution in [0.5, 0.6) is 0 Å². The summed E-state index contributed by atoms with van der Waals surface area (Å²) >= 11 is 0. The van der Waals surface area contributed by atoms with Gasteiger partial charge >= 0.3 is 6.09 Å². The number of non-ortho nitro benzene ring substituents is 1. The van der Waals surface area contributed by atoms with Crippen molar-refractivity contribution in [1.82, 2.24) is 15.5 Å². The van der Waals surface area contributed by atoms with Crippen molar-refractivity contribution in [3.8, 4) is 0 Å². The van der Waals surface area contributed by atoms with Gasteiger partial charge in [0, 0.05) is 38.8 Å². The summed E-state index contributed by atoms with van der Waals surface area (Å²) in [4.78, 5) is 28.7. The number of likely N-dealkylation sites (tertiary alicyclic amines) is 1. The number of halogens is 1. The fourth-order valence-corrected chi connectivity index (χ4v) is 2.84. The fourth-order valence-electron chi connectivity index (χ4n) is 2.84. The number of nitro benzene ring substituents is 1. The Kier molecular flexibility index (Phi) is 8.92. The van der Waals surface area contributed by atoms with E-state index in [0.717, 1.165) is 18.5 Å². The molecule has 9 nitrogen and oxygen atoms in total. The molecule has 0 aliphatic carbocycles. The topological polar surface area (TPSA) is 109 Å². The van der Waals surface area contributed by atoms with Crippen LogP contribution >= 0.6 is 24.0 Å². The van der Waals surface area contributed by atoms with E-state index in [-0.39, 0.29) is 35.7 Å². The molecule has 1 aromatic carbocycles. The summed E-state index contributed by atoms with van der Waals surface area (Å²) in [6.45, 7) is 7.27. The molecule has 0 radical (unpaired) electrons. The summed E-state index contributed by atoms with van der Waals surface area (Å²) in [5.74, 6) is 0.690. The van der Waals surface area contributed by atoms with Crippen LogP contribution in [0.4, 0.5) is 10.5 Å². The first-order chi connectivity index (χ1) is 12.7. The number of aliphatic imine (C=N–C) groups is 1. The normalized spacial score (nSPS) is 16.9. The molecule has 156 valence electrons. The molecular weight excluding hydrogens is 477 g/mol. The number of hydrogen-bond donors (Lipinski definition) is 2. The zero-order valence-corrected chi connectivity index (χ0v) is 18.9. The van der Waals surface area contributed by atoms with Gasteiger partial charge in [-0.3, -0.25) is 15.1 Å². The van der Waals surface area contributed by atoms with E-state index in [0.29, 0.717) is 19.0 Å². The van der Waals surface area contributed by atoms with Gasteiger partial charge in [0.2, 0.25) is 0 Å². The van der Waals surface area contributed by atoms with Gasteiger partial charge in [-0.25, -0.2) is 4.79 Å². The molecule has 0 spiro atoms. The van der Waals surface area contributed by atoms with Gasteiger partial charge < -0.3 is 20.3 Å². The summed E-state index contributed by atoms with van der Waals surface area (Å²) in [5.41, 5.74) is 0.332. The fraction of sp³-hybridized carbons (Fsp3) is 0.556. The van der Waals surface area contributed by atoms with Crippen molar-refractivity contribution in [2.24, 2.45) is 4.99 Å². The number of nitro groups is 1. The maximum absolute atomic E-state index is 11.9. The number of ether oxygens (including phenoxy) is 1. The Balaban J connectivity index is 0.00000392. The summed E-state index contributed by atoms with van der Waals surface area (Å²) in [5, 5.41) is 17.0. The average molecular weight is 505 g/mol. The Hall–Kier alpha value is -2.11. The van der Waals surface area contributed by atoms with Crippen LogP contribution in [0.2, 0.25) is 0 Å². The van der Waals surface area contributed by atoms with Crippen molar-refractivity contribution in [3.63, 3.8) is 0 Å². The molecule has 1 saturated heterocycles. The van der Waals surface area contributed by atoms with E-state index in [2.05, 4.69) is 15.6 Å². The lowest BCUT2D eigenvalue weighted by Gasteiger charge is -2.23. The molecular formula is C18H28IN5O4. The molecule has 1 heterocycles. The van der Waals surface area contributed by atoms with Crippen LogP contribution < -0.4 is 10.6 Å². The van der Waals surface area contributed by atoms with Gasteiger partial charge in [-0.05, 0) is 32.8 Å². The minimum atomic E-state index is -0.530. The van der Waals surface area contributed by atoms with E-state index in [4.69, 9.17) is 4.74 Å². The minimum absolute atomic E-state index is 0. The van der Waals surface area contributed by atoms with Crippen LogP contribution in [0.25, 0.3) is 0 Å². The van der Waals surface area contributed by atoms with Crippen LogP contribution in [0.1, 0.15) is 32.8 Å². The number of benzene rings is 1. The lowest BCUT2D eigenvalue weighted by Crippen LogP contribution is -2.44. The molecule has 1 fully saturated rings. The molecule has 1 aliphatic heterocycles. The maximum Gasteiger partial charge on any atom is 0.407 e. The standard InChI is InChI=1S/C18H27N5O4.HI/c1-18(2,3)27-17(24)21-14-8-9-22(12-14)16(19-4)20-11-13-6-5-7-15(10-13)23(25)26;/h5-7,10,14H,8-9,11-12H2,1-4H3,(H,19,20)(H,21,24);1H. The maximum atomic E-state index is 11.9. The van der Waals surface area contributed by atoms with Crippen molar-refractivity contribution in [3.05, 3.63) is 39.9 Å². The second-order valence-electron chi connectivity index (χ2n) is 7.41. The predicted molar refractivity (Wildman–Crippen MR) is 118 cm³/mol. The second kappa shape index (κ2) is 10.4. The van der Waals surface area contributed by atoms with Crippen molar-refractivity contribution in [1.29, 1.82) is 0 Å². The zero-order valence-electron chi connectivity index (χ0n) is 16.6. The number of carbonyl (C=O) groups excluding carboxylic acids is 1. The lowest BCUT2D eigenvalue weighted by atomic mass is 10.2. The third-order valence-electron chi connectivity index (χ3n) is 3.99. The Morgan fingerprint density at radius 2 is 2.14 bits per heavy atom. The Morgan fingerprint density at radius 1 is 1.43 bits per heavy atom. The number of nitrogens with zero attached hydrogens (tertiary/aromatic N) is 3. The Morgan fingerprint density at radius 3 is 2.75 bits per heavy atom. The molecule has 1 unspecified atom stereocenters. The molecule has 1 amide bonds. The molecule has 2 rings (SSSR count). The molecule has 0 saturated carbocycles. The number of carbonyl (C=O) groups is 1. The molecule has 0 bridgehead atoms. The van der Waals surface area contributed by atoms with Gasteiger partial charge in [0.1, 0.15) is 5.60 Å². The highest BCUT2D eigenvalue weighted by Gasteiger charge is 2.27. The van der Waals surface area contributed by atoms with Crippen LogP contribution in [-0.4, -0.2) is 53.7 Å². The molecule has 1 aliphatic rings. The number of rotatable bonds is 4. The van der Waals surface area contributed by atoms with Crippen LogP contribution in [0, 0.1) is 10.1 Å². The largest absolute Gasteiger partial charge is 0.444 e. The number of alkyl carbamates (subject to hydrolysis) is 1. The molecule has 0 aromatic heterocycles. The summed E-state index contributed by atoms with van der Waals surface area (Å²) < 4.78 is 5.29. The lowest BCUT2D eigenvalue weighted by molar-refractivity contribution is -0.384. The highest BCUT2D eigenvalue weighted by molar-refractivity contribution is 14.0. The van der Waals surface area contributed by atoms with E-state index in [9.17, 15) is 14.9 Å². The minimum Gasteiger partial charge on any atom is -0.444 e. The molecule has 10 heteroatoms. The van der Waals surface area contributed by atoms with Crippen molar-refractivity contribution in [2.45, 2.75) is 45.4 Å². The Bertz CT molecular complexity index is 720. The monoisotopic (exact) mass is 505 g/mol. The van der Waals surface area contributed by atoms with E-state index < -0.39 is 16.6 Å². The number of nitrogens with one attached hydrogen (secondary N) is 2. The summed E-state index contributed by atoms with van der Waals surface area (Å²) in [7, 11) is 1.68. The number of hydrogen-bond acceptors (Lipinski definition) is 5. The smallest absolute Gasteiger partial charge is 0.407 e.